The summed E-state index contributed by atoms with van der Waals surface area (Å²) in [7, 11) is 0. The van der Waals surface area contributed by atoms with Gasteiger partial charge in [0.1, 0.15) is 5.01 Å². The molecule has 1 saturated heterocycles. The molecule has 41 heavy (non-hydrogen) atoms. The zero-order valence-corrected chi connectivity index (χ0v) is 24.1. The molecule has 4 aromatic rings. The summed E-state index contributed by atoms with van der Waals surface area (Å²) in [4.78, 5) is 21.6. The Morgan fingerprint density at radius 3 is 2.61 bits per heavy atom. The van der Waals surface area contributed by atoms with Crippen molar-refractivity contribution in [1.29, 1.82) is 0 Å². The normalized spacial score (nSPS) is 19.5. The number of hydrogen-bond acceptors (Lipinski definition) is 5. The first-order chi connectivity index (χ1) is 19.6. The van der Waals surface area contributed by atoms with Gasteiger partial charge in [0.15, 0.2) is 0 Å². The predicted molar refractivity (Wildman–Crippen MR) is 154 cm³/mol. The van der Waals surface area contributed by atoms with E-state index in [1.807, 2.05) is 25.1 Å². The number of aromatic nitrogens is 3. The number of aryl methyl sites for hydroxylation is 1. The van der Waals surface area contributed by atoms with E-state index in [-0.39, 0.29) is 18.0 Å². The first-order valence-corrected chi connectivity index (χ1v) is 15.2. The van der Waals surface area contributed by atoms with E-state index < -0.39 is 17.4 Å². The van der Waals surface area contributed by atoms with Crippen molar-refractivity contribution in [1.82, 2.24) is 18.9 Å². The van der Waals surface area contributed by atoms with Gasteiger partial charge in [0, 0.05) is 36.3 Å². The van der Waals surface area contributed by atoms with Gasteiger partial charge in [-0.15, -0.1) is 11.3 Å². The van der Waals surface area contributed by atoms with Crippen molar-refractivity contribution in [2.45, 2.75) is 71.2 Å². The maximum Gasteiger partial charge on any atom is 0.418 e. The average Bonchev–Trinajstić information content (AvgIpc) is 3.44. The van der Waals surface area contributed by atoms with Crippen LogP contribution in [0, 0.1) is 18.8 Å². The highest BCUT2D eigenvalue weighted by Crippen LogP contribution is 2.45. The van der Waals surface area contributed by atoms with Gasteiger partial charge in [-0.2, -0.15) is 13.2 Å². The van der Waals surface area contributed by atoms with Crippen LogP contribution in [-0.4, -0.2) is 37.0 Å². The summed E-state index contributed by atoms with van der Waals surface area (Å²) < 4.78 is 45.3. The molecule has 218 valence electrons. The number of benzene rings is 1. The summed E-state index contributed by atoms with van der Waals surface area (Å²) in [6, 6.07) is 8.73. The molecule has 1 saturated carbocycles. The van der Waals surface area contributed by atoms with Crippen molar-refractivity contribution in [3.63, 3.8) is 0 Å². The number of imidazole rings is 1. The van der Waals surface area contributed by atoms with Gasteiger partial charge >= 0.3 is 11.9 Å². The van der Waals surface area contributed by atoms with E-state index in [1.54, 1.807) is 12.3 Å². The fourth-order valence-electron chi connectivity index (χ4n) is 6.55. The Hall–Kier alpha value is -2.95. The van der Waals surface area contributed by atoms with Crippen LogP contribution in [0.15, 0.2) is 47.5 Å². The summed E-state index contributed by atoms with van der Waals surface area (Å²) >= 11 is 1.48. The topological polar surface area (TPSA) is 62.8 Å². The standard InChI is InChI=1S/C31H35F3N4O2S/c1-19-6-5-11-36(14-19)15-21-12-25(31(32,33)34)26-17-37(30(40)38(26)16-21)24-10-4-9-23(13-24)28(22-7-3-8-22)29-20(2)41-27(18-39)35-29/h4,9-10,12-13,16-17,19,22,28,39H,3,5-8,11,14-15,18H2,1-2H3/t19-,28-/m0/s1. The van der Waals surface area contributed by atoms with Crippen LogP contribution >= 0.6 is 11.3 Å². The summed E-state index contributed by atoms with van der Waals surface area (Å²) in [5.41, 5.74) is 1.45. The smallest absolute Gasteiger partial charge is 0.389 e. The monoisotopic (exact) mass is 584 g/mol. The molecule has 0 amide bonds. The molecule has 2 aliphatic rings. The third kappa shape index (κ3) is 5.49. The number of alkyl halides is 3. The van der Waals surface area contributed by atoms with E-state index in [9.17, 15) is 23.1 Å². The third-order valence-electron chi connectivity index (χ3n) is 8.71. The van der Waals surface area contributed by atoms with Crippen molar-refractivity contribution in [3.05, 3.63) is 85.5 Å². The molecule has 0 bridgehead atoms. The van der Waals surface area contributed by atoms with Crippen LogP contribution in [0.5, 0.6) is 0 Å². The SMILES string of the molecule is Cc1sc(CO)nc1[C@H](c1cccc(-n2cc3c(C(F)(F)F)cc(CN4CCC[C@H](C)C4)cn3c2=O)c1)C1CCC1. The Labute approximate surface area is 241 Å². The number of rotatable bonds is 7. The van der Waals surface area contributed by atoms with E-state index in [2.05, 4.69) is 11.8 Å². The van der Waals surface area contributed by atoms with E-state index in [4.69, 9.17) is 4.98 Å². The maximum atomic E-state index is 14.3. The molecule has 1 aliphatic carbocycles. The first kappa shape index (κ1) is 28.2. The Morgan fingerprint density at radius 2 is 1.95 bits per heavy atom. The quantitative estimate of drug-likeness (QED) is 0.268. The summed E-state index contributed by atoms with van der Waals surface area (Å²) in [6.07, 6.45) is 3.68. The molecule has 6 rings (SSSR count). The summed E-state index contributed by atoms with van der Waals surface area (Å²) in [5, 5.41) is 10.3. The van der Waals surface area contributed by atoms with Crippen LogP contribution in [0.3, 0.4) is 0 Å². The van der Waals surface area contributed by atoms with Crippen LogP contribution in [0.4, 0.5) is 13.2 Å². The number of likely N-dealkylation sites (tertiary alicyclic amines) is 1. The number of halogens is 3. The molecule has 1 N–H and O–H groups in total. The van der Waals surface area contributed by atoms with Crippen molar-refractivity contribution in [2.75, 3.05) is 13.1 Å². The van der Waals surface area contributed by atoms with Crippen molar-refractivity contribution < 1.29 is 18.3 Å². The Morgan fingerprint density at radius 1 is 1.15 bits per heavy atom. The maximum absolute atomic E-state index is 14.3. The molecule has 1 aliphatic heterocycles. The molecule has 2 fully saturated rings. The second-order valence-electron chi connectivity index (χ2n) is 11.8. The van der Waals surface area contributed by atoms with Crippen LogP contribution in [-0.2, 0) is 19.3 Å². The number of fused-ring (bicyclic) bond motifs is 1. The minimum atomic E-state index is -4.60. The Kier molecular flexibility index (Phi) is 7.59. The van der Waals surface area contributed by atoms with Crippen LogP contribution in [0.25, 0.3) is 11.2 Å². The number of aliphatic hydroxyl groups excluding tert-OH is 1. The molecule has 0 radical (unpaired) electrons. The molecule has 6 nitrogen and oxygen atoms in total. The number of thiazole rings is 1. The number of nitrogens with zero attached hydrogens (tertiary/aromatic N) is 4. The van der Waals surface area contributed by atoms with E-state index >= 15 is 0 Å². The molecule has 2 atom stereocenters. The second kappa shape index (κ2) is 11.0. The summed E-state index contributed by atoms with van der Waals surface area (Å²) in [6.45, 7) is 6.10. The average molecular weight is 585 g/mol. The lowest BCUT2D eigenvalue weighted by atomic mass is 9.71. The Balaban J connectivity index is 1.42. The zero-order chi connectivity index (χ0) is 28.9. The van der Waals surface area contributed by atoms with Crippen LogP contribution in [0.1, 0.15) is 77.2 Å². The molecular formula is C31H35F3N4O2S. The van der Waals surface area contributed by atoms with Gasteiger partial charge in [-0.1, -0.05) is 25.5 Å². The second-order valence-corrected chi connectivity index (χ2v) is 13.0. The highest BCUT2D eigenvalue weighted by molar-refractivity contribution is 7.11. The molecule has 1 aromatic carbocycles. The highest BCUT2D eigenvalue weighted by Gasteiger charge is 2.36. The van der Waals surface area contributed by atoms with Crippen LogP contribution in [0.2, 0.25) is 0 Å². The van der Waals surface area contributed by atoms with E-state index in [0.717, 1.165) is 65.7 Å². The van der Waals surface area contributed by atoms with Gasteiger partial charge < -0.3 is 5.11 Å². The largest absolute Gasteiger partial charge is 0.418 e. The zero-order valence-electron chi connectivity index (χ0n) is 23.3. The van der Waals surface area contributed by atoms with E-state index in [1.165, 1.54) is 28.2 Å². The van der Waals surface area contributed by atoms with Gasteiger partial charge in [-0.05, 0) is 80.3 Å². The molecular weight excluding hydrogens is 549 g/mol. The van der Waals surface area contributed by atoms with Gasteiger partial charge in [-0.25, -0.2) is 9.78 Å². The minimum absolute atomic E-state index is 0.00254. The first-order valence-electron chi connectivity index (χ1n) is 14.4. The molecule has 0 spiro atoms. The molecule has 3 aromatic heterocycles. The minimum Gasteiger partial charge on any atom is -0.389 e. The fraction of sp³-hybridized carbons (Fsp3) is 0.484. The number of aliphatic hydroxyl groups is 1. The number of hydrogen-bond donors (Lipinski definition) is 1. The lowest BCUT2D eigenvalue weighted by Gasteiger charge is -2.34. The molecule has 4 heterocycles. The Bertz CT molecular complexity index is 1620. The van der Waals surface area contributed by atoms with Crippen molar-refractivity contribution >= 4 is 16.9 Å². The van der Waals surface area contributed by atoms with Gasteiger partial charge in [0.25, 0.3) is 0 Å². The van der Waals surface area contributed by atoms with E-state index in [0.29, 0.717) is 34.6 Å². The predicted octanol–water partition coefficient (Wildman–Crippen LogP) is 6.53. The fourth-order valence-corrected chi connectivity index (χ4v) is 7.39. The summed E-state index contributed by atoms with van der Waals surface area (Å²) in [5.74, 6) is 0.884. The lowest BCUT2D eigenvalue weighted by molar-refractivity contribution is -0.136. The van der Waals surface area contributed by atoms with Crippen LogP contribution < -0.4 is 5.69 Å². The van der Waals surface area contributed by atoms with Gasteiger partial charge in [0.2, 0.25) is 0 Å². The van der Waals surface area contributed by atoms with Crippen molar-refractivity contribution in [3.8, 4) is 5.69 Å². The van der Waals surface area contributed by atoms with Crippen molar-refractivity contribution in [2.24, 2.45) is 11.8 Å². The third-order valence-corrected chi connectivity index (χ3v) is 9.68. The molecule has 10 heteroatoms. The van der Waals surface area contributed by atoms with Gasteiger partial charge in [-0.3, -0.25) is 13.9 Å². The highest BCUT2D eigenvalue weighted by atomic mass is 32.1. The number of piperidine rings is 1. The number of pyridine rings is 1. The lowest BCUT2D eigenvalue weighted by Crippen LogP contribution is -2.34. The van der Waals surface area contributed by atoms with Gasteiger partial charge in [0.05, 0.1) is 29.1 Å². The molecule has 0 unspecified atom stereocenters.